The predicted molar refractivity (Wildman–Crippen MR) is 135 cm³/mol. The minimum Gasteiger partial charge on any atom is -0.341 e. The van der Waals surface area contributed by atoms with Gasteiger partial charge in [0.1, 0.15) is 16.7 Å². The van der Waals surface area contributed by atoms with Crippen molar-refractivity contribution in [1.82, 2.24) is 30.4 Å². The minimum atomic E-state index is -0.315. The number of anilines is 3. The van der Waals surface area contributed by atoms with Gasteiger partial charge in [-0.15, -0.1) is 0 Å². The van der Waals surface area contributed by atoms with Crippen molar-refractivity contribution in [2.75, 3.05) is 49.5 Å². The van der Waals surface area contributed by atoms with Gasteiger partial charge >= 0.3 is 0 Å². The largest absolute Gasteiger partial charge is 0.341 e. The molecule has 1 atom stereocenters. The third kappa shape index (κ3) is 4.58. The van der Waals surface area contributed by atoms with Crippen LogP contribution in [0, 0.1) is 5.41 Å². The number of hydrogen-bond donors (Lipinski definition) is 3. The number of piperazine rings is 1. The molecule has 184 valence electrons. The molecule has 0 radical (unpaired) electrons. The molecule has 3 aliphatic rings. The molecule has 0 bridgehead atoms. The Morgan fingerprint density at radius 1 is 1.11 bits per heavy atom. The van der Waals surface area contributed by atoms with E-state index in [0.717, 1.165) is 70.8 Å². The average Bonchev–Trinajstić information content (AvgIpc) is 3.58. The lowest BCUT2D eigenvalue weighted by molar-refractivity contribution is 0.233. The van der Waals surface area contributed by atoms with Gasteiger partial charge in [-0.25, -0.2) is 10.1 Å². The molecule has 3 N–H and O–H groups in total. The molecule has 0 amide bonds. The molecule has 10 nitrogen and oxygen atoms in total. The number of aromatic amines is 1. The van der Waals surface area contributed by atoms with Gasteiger partial charge in [0.25, 0.3) is 5.56 Å². The lowest BCUT2D eigenvalue weighted by Crippen LogP contribution is -2.42. The fraction of sp³-hybridized carbons (Fsp3) is 0.500. The van der Waals surface area contributed by atoms with Crippen LogP contribution in [0.1, 0.15) is 24.8 Å². The molecule has 35 heavy (non-hydrogen) atoms. The van der Waals surface area contributed by atoms with Gasteiger partial charge in [0, 0.05) is 56.9 Å². The summed E-state index contributed by atoms with van der Waals surface area (Å²) in [4.78, 5) is 26.7. The van der Waals surface area contributed by atoms with Gasteiger partial charge in [0.15, 0.2) is 0 Å². The summed E-state index contributed by atoms with van der Waals surface area (Å²) in [6, 6.07) is 8.31. The zero-order chi connectivity index (χ0) is 23.8. The molecule has 3 aromatic rings. The first kappa shape index (κ1) is 22.7. The quantitative estimate of drug-likeness (QED) is 0.473. The van der Waals surface area contributed by atoms with Gasteiger partial charge in [-0.1, -0.05) is 12.1 Å². The van der Waals surface area contributed by atoms with Crippen molar-refractivity contribution in [3.63, 3.8) is 0 Å². The molecular formula is C24H29ClN8O2. The van der Waals surface area contributed by atoms with E-state index >= 15 is 0 Å². The fourth-order valence-electron chi connectivity index (χ4n) is 5.30. The van der Waals surface area contributed by atoms with Crippen molar-refractivity contribution >= 4 is 40.2 Å². The van der Waals surface area contributed by atoms with E-state index in [1.807, 2.05) is 12.1 Å². The minimum absolute atomic E-state index is 0.151. The van der Waals surface area contributed by atoms with Crippen LogP contribution in [0.25, 0.3) is 10.9 Å². The molecule has 1 spiro atoms. The third-order valence-electron chi connectivity index (χ3n) is 7.60. The number of nitrogens with zero attached hydrogens (tertiary/aromatic N) is 5. The number of halogens is 1. The first-order valence-electron chi connectivity index (χ1n) is 12.2. The molecule has 6 rings (SSSR count). The second kappa shape index (κ2) is 9.34. The van der Waals surface area contributed by atoms with E-state index in [9.17, 15) is 4.79 Å². The first-order chi connectivity index (χ1) is 17.1. The predicted octanol–water partition coefficient (Wildman–Crippen LogP) is 2.39. The fourth-order valence-corrected chi connectivity index (χ4v) is 5.55. The van der Waals surface area contributed by atoms with Gasteiger partial charge < -0.3 is 15.5 Å². The highest BCUT2D eigenvalue weighted by Crippen LogP contribution is 2.56. The molecule has 2 saturated heterocycles. The molecular weight excluding hydrogens is 468 g/mol. The molecule has 2 aliphatic heterocycles. The summed E-state index contributed by atoms with van der Waals surface area (Å²) >= 11 is 5.62. The van der Waals surface area contributed by atoms with Crippen LogP contribution in [0.5, 0.6) is 0 Å². The van der Waals surface area contributed by atoms with Crippen LogP contribution < -0.4 is 21.1 Å². The number of piperidine rings is 1. The monoisotopic (exact) mass is 496 g/mol. The van der Waals surface area contributed by atoms with Crippen molar-refractivity contribution in [2.24, 2.45) is 5.41 Å². The van der Waals surface area contributed by atoms with Crippen LogP contribution in [0.15, 0.2) is 35.3 Å². The normalized spacial score (nSPS) is 22.0. The van der Waals surface area contributed by atoms with Crippen molar-refractivity contribution in [3.05, 3.63) is 46.4 Å². The van der Waals surface area contributed by atoms with E-state index in [0.29, 0.717) is 22.7 Å². The smallest absolute Gasteiger partial charge is 0.277 e. The second-order valence-corrected chi connectivity index (χ2v) is 9.99. The summed E-state index contributed by atoms with van der Waals surface area (Å²) in [5, 5.41) is 13.6. The number of rotatable bonds is 6. The van der Waals surface area contributed by atoms with Gasteiger partial charge in [-0.2, -0.15) is 10.1 Å². The van der Waals surface area contributed by atoms with Crippen molar-refractivity contribution in [1.29, 1.82) is 0 Å². The first-order valence-corrected chi connectivity index (χ1v) is 12.5. The summed E-state index contributed by atoms with van der Waals surface area (Å²) in [5.74, 6) is 1.08. The Labute approximate surface area is 208 Å². The Hall–Kier alpha value is -2.79. The van der Waals surface area contributed by atoms with E-state index in [1.165, 1.54) is 5.56 Å². The number of aromatic nitrogens is 4. The zero-order valence-corrected chi connectivity index (χ0v) is 20.2. The second-order valence-electron chi connectivity index (χ2n) is 9.81. The van der Waals surface area contributed by atoms with Gasteiger partial charge in [-0.05, 0) is 37.0 Å². The van der Waals surface area contributed by atoms with Gasteiger partial charge in [0.05, 0.1) is 24.2 Å². The van der Waals surface area contributed by atoms with E-state index < -0.39 is 0 Å². The highest BCUT2D eigenvalue weighted by atomic mass is 35.5. The van der Waals surface area contributed by atoms with Crippen LogP contribution >= 0.6 is 11.9 Å². The number of H-pyrrole nitrogens is 1. The molecule has 1 saturated carbocycles. The number of fused-ring (bicyclic) bond motifs is 1. The molecule has 1 unspecified atom stereocenters. The Morgan fingerprint density at radius 2 is 1.89 bits per heavy atom. The Balaban J connectivity index is 1.23. The Bertz CT molecular complexity index is 1250. The summed E-state index contributed by atoms with van der Waals surface area (Å²) in [7, 11) is 0. The molecule has 11 heteroatoms. The van der Waals surface area contributed by atoms with Crippen molar-refractivity contribution in [2.45, 2.75) is 31.9 Å². The number of benzene rings is 1. The number of nitrogens with one attached hydrogen (secondary N) is 3. The van der Waals surface area contributed by atoms with Crippen LogP contribution in [0.3, 0.4) is 0 Å². The maximum Gasteiger partial charge on any atom is 0.277 e. The lowest BCUT2D eigenvalue weighted by Gasteiger charge is -2.32. The topological polar surface area (TPSA) is 111 Å². The summed E-state index contributed by atoms with van der Waals surface area (Å²) < 4.78 is 5.06. The van der Waals surface area contributed by atoms with Crippen LogP contribution in [0.4, 0.5) is 17.5 Å². The lowest BCUT2D eigenvalue weighted by atomic mass is 9.93. The molecule has 1 aromatic carbocycles. The third-order valence-corrected chi connectivity index (χ3v) is 7.82. The van der Waals surface area contributed by atoms with Crippen LogP contribution in [0.2, 0.25) is 0 Å². The SMILES string of the molecule is O=c1[nH]ncc2nc(N3CCC4(CC3)CC4OCl)nc(Nc3ccc(CN4CCNCC4)cc3)c12. The van der Waals surface area contributed by atoms with Crippen LogP contribution in [-0.4, -0.2) is 70.4 Å². The molecule has 2 aromatic heterocycles. The van der Waals surface area contributed by atoms with Crippen molar-refractivity contribution in [3.8, 4) is 0 Å². The van der Waals surface area contributed by atoms with E-state index in [1.54, 1.807) is 6.20 Å². The van der Waals surface area contributed by atoms with Gasteiger partial charge in [0.2, 0.25) is 5.95 Å². The molecule has 4 heterocycles. The molecule has 3 fully saturated rings. The maximum atomic E-state index is 12.6. The van der Waals surface area contributed by atoms with E-state index in [2.05, 4.69) is 47.7 Å². The van der Waals surface area contributed by atoms with Crippen molar-refractivity contribution < 1.29 is 4.29 Å². The van der Waals surface area contributed by atoms with Crippen LogP contribution in [-0.2, 0) is 10.8 Å². The summed E-state index contributed by atoms with van der Waals surface area (Å²) in [5.41, 5.74) is 2.53. The molecule has 1 aliphatic carbocycles. The Kier molecular flexibility index (Phi) is 6.05. The standard InChI is InChI=1S/C24H29ClN8O2/c25-35-19-13-24(19)5-9-33(10-6-24)23-29-18-14-27-31-22(34)20(18)21(30-23)28-17-3-1-16(2-4-17)15-32-11-7-26-8-12-32/h1-4,14,19,26H,5-13,15H2,(H,31,34)(H,28,29,30). The summed E-state index contributed by atoms with van der Waals surface area (Å²) in [6.07, 6.45) is 4.71. The maximum absolute atomic E-state index is 12.6. The zero-order valence-electron chi connectivity index (χ0n) is 19.5. The summed E-state index contributed by atoms with van der Waals surface area (Å²) in [6.45, 7) is 6.75. The van der Waals surface area contributed by atoms with E-state index in [4.69, 9.17) is 21.1 Å². The average molecular weight is 497 g/mol. The van der Waals surface area contributed by atoms with Gasteiger partial charge in [-0.3, -0.25) is 14.0 Å². The highest BCUT2D eigenvalue weighted by molar-refractivity contribution is 6.07. The highest BCUT2D eigenvalue weighted by Gasteiger charge is 2.56. The number of hydrogen-bond acceptors (Lipinski definition) is 9. The van der Waals surface area contributed by atoms with E-state index in [-0.39, 0.29) is 17.1 Å². The Morgan fingerprint density at radius 3 is 2.60 bits per heavy atom.